The molecule has 1 heterocycles. The van der Waals surface area contributed by atoms with Crippen molar-refractivity contribution in [2.24, 2.45) is 0 Å². The van der Waals surface area contributed by atoms with Crippen molar-refractivity contribution in [1.29, 1.82) is 0 Å². The number of aryl methyl sites for hydroxylation is 1. The van der Waals surface area contributed by atoms with Crippen LogP contribution in [0.1, 0.15) is 31.7 Å². The molecule has 0 saturated heterocycles. The van der Waals surface area contributed by atoms with E-state index in [1.165, 1.54) is 36.6 Å². The van der Waals surface area contributed by atoms with Crippen molar-refractivity contribution >= 4 is 27.4 Å². The lowest BCUT2D eigenvalue weighted by Crippen LogP contribution is -2.46. The van der Waals surface area contributed by atoms with Crippen LogP contribution in [0.3, 0.4) is 0 Å². The maximum Gasteiger partial charge on any atom is 0.496 e. The number of hydrogen-bond acceptors (Lipinski definition) is 8. The smallest absolute Gasteiger partial charge is 0.496 e. The molecule has 0 atom stereocenters. The van der Waals surface area contributed by atoms with E-state index >= 15 is 0 Å². The first-order chi connectivity index (χ1) is 21.0. The summed E-state index contributed by atoms with van der Waals surface area (Å²) in [4.78, 5) is 11.6. The standard InChI is InChI=1S/C29H28F8O7S/c1-4-6-7-8-18-9-12-21(22(13-18)39-3)24-14-19-10-11-20(15-23(19)45-24)40-16-26(30,31)42-28(34,35)44-29(36,37)43-27(32,33)17-41-25(38)5-2/h5,9-15H,2,4,6-8,16-17H2,1,3H3. The average molecular weight is 673 g/mol. The fraction of sp³-hybridized carbons (Fsp3) is 0.414. The zero-order valence-electron chi connectivity index (χ0n) is 23.9. The van der Waals surface area contributed by atoms with Crippen molar-refractivity contribution in [3.63, 3.8) is 0 Å². The zero-order valence-corrected chi connectivity index (χ0v) is 24.7. The maximum atomic E-state index is 14.1. The van der Waals surface area contributed by atoms with Gasteiger partial charge < -0.3 is 14.2 Å². The Balaban J connectivity index is 1.64. The summed E-state index contributed by atoms with van der Waals surface area (Å²) in [6, 6.07) is 11.8. The van der Waals surface area contributed by atoms with Gasteiger partial charge in [0.05, 0.1) is 7.11 Å². The van der Waals surface area contributed by atoms with Crippen LogP contribution in [0.5, 0.6) is 11.5 Å². The summed E-state index contributed by atoms with van der Waals surface area (Å²) in [7, 11) is 1.54. The van der Waals surface area contributed by atoms with E-state index in [-0.39, 0.29) is 5.75 Å². The first-order valence-electron chi connectivity index (χ1n) is 13.2. The van der Waals surface area contributed by atoms with Gasteiger partial charge in [0.1, 0.15) is 11.5 Å². The number of carbonyl (C=O) groups is 1. The first-order valence-corrected chi connectivity index (χ1v) is 14.0. The van der Waals surface area contributed by atoms with E-state index in [0.717, 1.165) is 41.7 Å². The predicted molar refractivity (Wildman–Crippen MR) is 147 cm³/mol. The number of carbonyl (C=O) groups excluding carboxylic acids is 1. The molecule has 7 nitrogen and oxygen atoms in total. The molecule has 1 aromatic heterocycles. The van der Waals surface area contributed by atoms with E-state index in [0.29, 0.717) is 21.9 Å². The second-order valence-corrected chi connectivity index (χ2v) is 10.5. The minimum absolute atomic E-state index is 0.205. The Hall–Kier alpha value is -3.47. The van der Waals surface area contributed by atoms with Gasteiger partial charge in [-0.1, -0.05) is 32.4 Å². The Bertz CT molecular complexity index is 1460. The zero-order chi connectivity index (χ0) is 33.5. The number of rotatable bonds is 18. The van der Waals surface area contributed by atoms with Crippen molar-refractivity contribution in [2.75, 3.05) is 20.3 Å². The predicted octanol–water partition coefficient (Wildman–Crippen LogP) is 8.75. The quantitative estimate of drug-likeness (QED) is 0.0440. The topological polar surface area (TPSA) is 72.5 Å². The molecule has 0 aliphatic heterocycles. The van der Waals surface area contributed by atoms with Crippen LogP contribution in [0.15, 0.2) is 55.1 Å². The highest BCUT2D eigenvalue weighted by atomic mass is 32.1. The van der Waals surface area contributed by atoms with Crippen LogP contribution in [-0.4, -0.2) is 51.1 Å². The highest BCUT2D eigenvalue weighted by Crippen LogP contribution is 2.41. The van der Waals surface area contributed by atoms with Crippen molar-refractivity contribution in [3.8, 4) is 21.9 Å². The van der Waals surface area contributed by atoms with Crippen LogP contribution in [0.2, 0.25) is 0 Å². The normalized spacial score (nSPS) is 12.8. The number of alkyl halides is 8. The Morgan fingerprint density at radius 3 is 2.16 bits per heavy atom. The maximum absolute atomic E-state index is 14.1. The van der Waals surface area contributed by atoms with Crippen molar-refractivity contribution in [2.45, 2.75) is 57.4 Å². The van der Waals surface area contributed by atoms with Crippen LogP contribution < -0.4 is 9.47 Å². The molecule has 0 N–H and O–H groups in total. The molecule has 0 bridgehead atoms. The van der Waals surface area contributed by atoms with Crippen LogP contribution >= 0.6 is 11.3 Å². The van der Waals surface area contributed by atoms with Gasteiger partial charge in [-0.2, -0.15) is 17.6 Å². The lowest BCUT2D eigenvalue weighted by molar-refractivity contribution is -0.574. The van der Waals surface area contributed by atoms with E-state index in [9.17, 15) is 39.9 Å². The molecular weight excluding hydrogens is 644 g/mol. The van der Waals surface area contributed by atoms with Crippen molar-refractivity contribution in [3.05, 3.63) is 60.7 Å². The molecule has 3 rings (SSSR count). The second-order valence-electron chi connectivity index (χ2n) is 9.41. The monoisotopic (exact) mass is 672 g/mol. The van der Waals surface area contributed by atoms with Gasteiger partial charge in [0.15, 0.2) is 13.2 Å². The van der Waals surface area contributed by atoms with Crippen LogP contribution in [-0.2, 0) is 30.2 Å². The minimum Gasteiger partial charge on any atom is -0.496 e. The van der Waals surface area contributed by atoms with Gasteiger partial charge in [-0.05, 0) is 60.2 Å². The number of thiophene rings is 1. The van der Waals surface area contributed by atoms with Crippen molar-refractivity contribution < 1.29 is 68.3 Å². The highest BCUT2D eigenvalue weighted by Gasteiger charge is 2.57. The number of benzene rings is 2. The molecular formula is C29H28F8O7S. The molecule has 0 saturated carbocycles. The van der Waals surface area contributed by atoms with Gasteiger partial charge in [0.2, 0.25) is 0 Å². The highest BCUT2D eigenvalue weighted by molar-refractivity contribution is 7.22. The van der Waals surface area contributed by atoms with E-state index in [1.54, 1.807) is 0 Å². The van der Waals surface area contributed by atoms with E-state index in [4.69, 9.17) is 9.47 Å². The van der Waals surface area contributed by atoms with Gasteiger partial charge in [-0.25, -0.2) is 19.0 Å². The lowest BCUT2D eigenvalue weighted by atomic mass is 10.0. The Morgan fingerprint density at radius 1 is 0.867 bits per heavy atom. The van der Waals surface area contributed by atoms with Gasteiger partial charge >= 0.3 is 30.8 Å². The molecule has 0 aliphatic carbocycles. The number of esters is 1. The number of unbranched alkanes of at least 4 members (excludes halogenated alkanes) is 2. The van der Waals surface area contributed by atoms with E-state index in [1.807, 2.05) is 24.3 Å². The molecule has 0 aliphatic rings. The Morgan fingerprint density at radius 2 is 1.53 bits per heavy atom. The average Bonchev–Trinajstić information content (AvgIpc) is 3.36. The molecule has 2 aromatic carbocycles. The lowest BCUT2D eigenvalue weighted by Gasteiger charge is -2.27. The van der Waals surface area contributed by atoms with Crippen LogP contribution in [0, 0.1) is 0 Å². The summed E-state index contributed by atoms with van der Waals surface area (Å²) in [6.07, 6.45) is -17.2. The number of ether oxygens (including phenoxy) is 6. The molecule has 3 aromatic rings. The second kappa shape index (κ2) is 14.7. The van der Waals surface area contributed by atoms with Crippen LogP contribution in [0.4, 0.5) is 35.1 Å². The van der Waals surface area contributed by atoms with Crippen LogP contribution in [0.25, 0.3) is 20.5 Å². The largest absolute Gasteiger partial charge is 0.496 e. The molecule has 45 heavy (non-hydrogen) atoms. The summed E-state index contributed by atoms with van der Waals surface area (Å²) in [6.45, 7) is 0.924. The van der Waals surface area contributed by atoms with Gasteiger partial charge in [0, 0.05) is 21.2 Å². The van der Waals surface area contributed by atoms with E-state index in [2.05, 4.69) is 32.5 Å². The SMILES string of the molecule is C=CC(=O)OCC(F)(F)OC(F)(F)OC(F)(F)OC(F)(F)COc1ccc2cc(-c3ccc(CCCCC)cc3OC)sc2c1. The molecule has 0 spiro atoms. The summed E-state index contributed by atoms with van der Waals surface area (Å²) in [5.41, 5.74) is 1.90. The van der Waals surface area contributed by atoms with Crippen molar-refractivity contribution in [1.82, 2.24) is 0 Å². The number of fused-ring (bicyclic) bond motifs is 1. The third kappa shape index (κ3) is 11.1. The molecule has 248 valence electrons. The van der Waals surface area contributed by atoms with Gasteiger partial charge in [-0.3, -0.25) is 0 Å². The molecule has 0 radical (unpaired) electrons. The summed E-state index contributed by atoms with van der Waals surface area (Å²) < 4.78 is 133. The van der Waals surface area contributed by atoms with E-state index < -0.39 is 44.0 Å². The number of halogens is 8. The van der Waals surface area contributed by atoms with Gasteiger partial charge in [-0.15, -0.1) is 28.9 Å². The van der Waals surface area contributed by atoms with Gasteiger partial charge in [0.25, 0.3) is 0 Å². The fourth-order valence-electron chi connectivity index (χ4n) is 3.88. The Kier molecular flexibility index (Phi) is 11.8. The Labute approximate surface area is 256 Å². The first kappa shape index (κ1) is 36.0. The third-order valence-corrected chi connectivity index (χ3v) is 6.95. The minimum atomic E-state index is -5.87. The fourth-order valence-corrected chi connectivity index (χ4v) is 5.00. The molecule has 0 amide bonds. The molecule has 0 fully saturated rings. The summed E-state index contributed by atoms with van der Waals surface area (Å²) in [5.74, 6) is -1.04. The number of hydrogen-bond donors (Lipinski definition) is 0. The summed E-state index contributed by atoms with van der Waals surface area (Å²) >= 11 is 1.27. The molecule has 0 unspecified atom stereocenters. The number of methoxy groups -OCH3 is 1. The summed E-state index contributed by atoms with van der Waals surface area (Å²) in [5, 5.41) is 0.706. The third-order valence-electron chi connectivity index (χ3n) is 5.82. The molecule has 16 heteroatoms.